The number of ether oxygens (including phenoxy) is 1. The van der Waals surface area contributed by atoms with Crippen LogP contribution in [-0.2, 0) is 9.53 Å². The number of rotatable bonds is 4. The number of amides is 1. The molecule has 0 bridgehead atoms. The van der Waals surface area contributed by atoms with Crippen LogP contribution >= 0.6 is 0 Å². The van der Waals surface area contributed by atoms with Crippen LogP contribution in [0.2, 0.25) is 0 Å². The first-order chi connectivity index (χ1) is 9.24. The summed E-state index contributed by atoms with van der Waals surface area (Å²) in [5, 5.41) is 0. The summed E-state index contributed by atoms with van der Waals surface area (Å²) in [6, 6.07) is 0. The van der Waals surface area contributed by atoms with Crippen molar-refractivity contribution >= 4 is 11.9 Å². The molecule has 1 aliphatic rings. The fourth-order valence-electron chi connectivity index (χ4n) is 2.69. The second-order valence-corrected chi connectivity index (χ2v) is 6.91. The van der Waals surface area contributed by atoms with E-state index in [0.717, 1.165) is 12.8 Å². The van der Waals surface area contributed by atoms with Crippen molar-refractivity contribution in [1.29, 1.82) is 0 Å². The standard InChI is InChI=1S/C16H29NO3/c1-6-7-8-9-13-12(2)10-17(11-14(13)18)15(19)20-16(3,4)5/h12-13H,6-11H2,1-5H3. The molecule has 20 heavy (non-hydrogen) atoms. The molecule has 0 aliphatic carbocycles. The molecule has 0 saturated carbocycles. The molecule has 1 amide bonds. The van der Waals surface area contributed by atoms with Gasteiger partial charge in [-0.15, -0.1) is 0 Å². The van der Waals surface area contributed by atoms with Gasteiger partial charge in [-0.3, -0.25) is 4.79 Å². The minimum atomic E-state index is -0.513. The van der Waals surface area contributed by atoms with Crippen molar-refractivity contribution < 1.29 is 14.3 Å². The second kappa shape index (κ2) is 7.09. The summed E-state index contributed by atoms with van der Waals surface area (Å²) < 4.78 is 5.34. The first-order valence-electron chi connectivity index (χ1n) is 7.75. The number of ketones is 1. The van der Waals surface area contributed by atoms with E-state index in [-0.39, 0.29) is 30.3 Å². The van der Waals surface area contributed by atoms with E-state index in [1.807, 2.05) is 20.8 Å². The van der Waals surface area contributed by atoms with Gasteiger partial charge >= 0.3 is 6.09 Å². The Morgan fingerprint density at radius 3 is 2.50 bits per heavy atom. The monoisotopic (exact) mass is 283 g/mol. The number of likely N-dealkylation sites (tertiary alicyclic amines) is 1. The van der Waals surface area contributed by atoms with Gasteiger partial charge in [0, 0.05) is 12.5 Å². The largest absolute Gasteiger partial charge is 0.444 e. The van der Waals surface area contributed by atoms with Crippen LogP contribution in [0.1, 0.15) is 60.3 Å². The fraction of sp³-hybridized carbons (Fsp3) is 0.875. The number of nitrogens with zero attached hydrogens (tertiary/aromatic N) is 1. The molecule has 1 aliphatic heterocycles. The molecular weight excluding hydrogens is 254 g/mol. The van der Waals surface area contributed by atoms with Gasteiger partial charge in [-0.05, 0) is 33.1 Å². The zero-order valence-corrected chi connectivity index (χ0v) is 13.6. The average molecular weight is 283 g/mol. The van der Waals surface area contributed by atoms with Crippen LogP contribution in [0.4, 0.5) is 4.79 Å². The molecule has 1 rings (SSSR count). The smallest absolute Gasteiger partial charge is 0.410 e. The second-order valence-electron chi connectivity index (χ2n) is 6.91. The molecule has 0 aromatic heterocycles. The summed E-state index contributed by atoms with van der Waals surface area (Å²) in [6.07, 6.45) is 4.02. The molecule has 1 heterocycles. The Morgan fingerprint density at radius 1 is 1.35 bits per heavy atom. The topological polar surface area (TPSA) is 46.6 Å². The van der Waals surface area contributed by atoms with E-state index in [9.17, 15) is 9.59 Å². The molecular formula is C16H29NO3. The molecule has 2 atom stereocenters. The van der Waals surface area contributed by atoms with Gasteiger partial charge in [-0.25, -0.2) is 4.79 Å². The fourth-order valence-corrected chi connectivity index (χ4v) is 2.69. The highest BCUT2D eigenvalue weighted by Crippen LogP contribution is 2.26. The predicted molar refractivity (Wildman–Crippen MR) is 79.6 cm³/mol. The van der Waals surface area contributed by atoms with Crippen LogP contribution in [-0.4, -0.2) is 35.5 Å². The van der Waals surface area contributed by atoms with Gasteiger partial charge in [0.2, 0.25) is 0 Å². The molecule has 0 aromatic carbocycles. The third kappa shape index (κ3) is 5.14. The normalized spacial score (nSPS) is 23.9. The summed E-state index contributed by atoms with van der Waals surface area (Å²) in [6.45, 7) is 10.6. The van der Waals surface area contributed by atoms with Crippen LogP contribution in [0, 0.1) is 11.8 Å². The molecule has 1 fully saturated rings. The zero-order chi connectivity index (χ0) is 15.3. The lowest BCUT2D eigenvalue weighted by Crippen LogP contribution is -2.49. The van der Waals surface area contributed by atoms with E-state index >= 15 is 0 Å². The number of Topliss-reactive ketones (excluding diaryl/α,β-unsaturated/α-hetero) is 1. The Morgan fingerprint density at radius 2 is 2.00 bits per heavy atom. The van der Waals surface area contributed by atoms with Gasteiger partial charge in [-0.2, -0.15) is 0 Å². The highest BCUT2D eigenvalue weighted by Gasteiger charge is 2.36. The van der Waals surface area contributed by atoms with Crippen LogP contribution < -0.4 is 0 Å². The number of unbranched alkanes of at least 4 members (excludes halogenated alkanes) is 2. The van der Waals surface area contributed by atoms with Crippen molar-refractivity contribution in [2.75, 3.05) is 13.1 Å². The van der Waals surface area contributed by atoms with Crippen LogP contribution in [0.5, 0.6) is 0 Å². The third-order valence-corrected chi connectivity index (χ3v) is 3.73. The average Bonchev–Trinajstić information content (AvgIpc) is 2.30. The quantitative estimate of drug-likeness (QED) is 0.740. The van der Waals surface area contributed by atoms with Gasteiger partial charge in [0.15, 0.2) is 5.78 Å². The molecule has 0 aromatic rings. The summed E-state index contributed by atoms with van der Waals surface area (Å²) in [4.78, 5) is 25.8. The number of hydrogen-bond acceptors (Lipinski definition) is 3. The number of carbonyl (C=O) groups is 2. The SMILES string of the molecule is CCCCCC1C(=O)CN(C(=O)OC(C)(C)C)CC1C. The molecule has 0 spiro atoms. The van der Waals surface area contributed by atoms with Gasteiger partial charge in [-0.1, -0.05) is 33.1 Å². The van der Waals surface area contributed by atoms with Crippen LogP contribution in [0.25, 0.3) is 0 Å². The Kier molecular flexibility index (Phi) is 6.03. The summed E-state index contributed by atoms with van der Waals surface area (Å²) in [5.41, 5.74) is -0.513. The minimum absolute atomic E-state index is 0.111. The zero-order valence-electron chi connectivity index (χ0n) is 13.6. The Balaban J connectivity index is 2.55. The molecule has 2 unspecified atom stereocenters. The van der Waals surface area contributed by atoms with Crippen molar-refractivity contribution in [3.63, 3.8) is 0 Å². The lowest BCUT2D eigenvalue weighted by Gasteiger charge is -2.36. The highest BCUT2D eigenvalue weighted by molar-refractivity contribution is 5.87. The molecule has 0 N–H and O–H groups in total. The van der Waals surface area contributed by atoms with Crippen molar-refractivity contribution in [3.8, 4) is 0 Å². The van der Waals surface area contributed by atoms with Crippen molar-refractivity contribution in [1.82, 2.24) is 4.90 Å². The molecule has 4 heteroatoms. The van der Waals surface area contributed by atoms with E-state index in [1.165, 1.54) is 12.8 Å². The van der Waals surface area contributed by atoms with E-state index in [0.29, 0.717) is 6.54 Å². The van der Waals surface area contributed by atoms with Gasteiger partial charge in [0.05, 0.1) is 6.54 Å². The predicted octanol–water partition coefficient (Wildman–Crippen LogP) is 3.64. The van der Waals surface area contributed by atoms with E-state index in [1.54, 1.807) is 4.90 Å². The minimum Gasteiger partial charge on any atom is -0.444 e. The number of hydrogen-bond donors (Lipinski definition) is 0. The van der Waals surface area contributed by atoms with E-state index in [4.69, 9.17) is 4.74 Å². The highest BCUT2D eigenvalue weighted by atomic mass is 16.6. The van der Waals surface area contributed by atoms with E-state index in [2.05, 4.69) is 13.8 Å². The third-order valence-electron chi connectivity index (χ3n) is 3.73. The van der Waals surface area contributed by atoms with Crippen molar-refractivity contribution in [2.45, 2.75) is 65.9 Å². The lowest BCUT2D eigenvalue weighted by atomic mass is 9.82. The van der Waals surface area contributed by atoms with E-state index < -0.39 is 5.60 Å². The maximum atomic E-state index is 12.2. The van der Waals surface area contributed by atoms with Gasteiger partial charge < -0.3 is 9.64 Å². The van der Waals surface area contributed by atoms with Gasteiger partial charge in [0.1, 0.15) is 5.60 Å². The summed E-state index contributed by atoms with van der Waals surface area (Å²) in [5.74, 6) is 0.520. The Bertz CT molecular complexity index is 346. The molecule has 4 nitrogen and oxygen atoms in total. The summed E-state index contributed by atoms with van der Waals surface area (Å²) in [7, 11) is 0. The van der Waals surface area contributed by atoms with Crippen LogP contribution in [0.15, 0.2) is 0 Å². The Labute approximate surface area is 122 Å². The number of piperidine rings is 1. The maximum absolute atomic E-state index is 12.2. The van der Waals surface area contributed by atoms with Crippen molar-refractivity contribution in [2.24, 2.45) is 11.8 Å². The first kappa shape index (κ1) is 17.0. The summed E-state index contributed by atoms with van der Waals surface area (Å²) >= 11 is 0. The first-order valence-corrected chi connectivity index (χ1v) is 7.75. The number of carbonyl (C=O) groups excluding carboxylic acids is 2. The van der Waals surface area contributed by atoms with Crippen LogP contribution in [0.3, 0.4) is 0 Å². The molecule has 116 valence electrons. The molecule has 1 saturated heterocycles. The molecule has 0 radical (unpaired) electrons. The van der Waals surface area contributed by atoms with Crippen molar-refractivity contribution in [3.05, 3.63) is 0 Å². The lowest BCUT2D eigenvalue weighted by molar-refractivity contribution is -0.129. The van der Waals surface area contributed by atoms with Gasteiger partial charge in [0.25, 0.3) is 0 Å². The Hall–Kier alpha value is -1.06. The maximum Gasteiger partial charge on any atom is 0.410 e.